The highest BCUT2D eigenvalue weighted by Crippen LogP contribution is 2.25. The van der Waals surface area contributed by atoms with Gasteiger partial charge < -0.3 is 4.90 Å². The number of hydrogen-bond donors (Lipinski definition) is 0. The molecule has 0 bridgehead atoms. The van der Waals surface area contributed by atoms with Crippen molar-refractivity contribution in [3.8, 4) is 0 Å². The number of hydrogen-bond acceptors (Lipinski definition) is 5. The first-order valence-corrected chi connectivity index (χ1v) is 12.4. The minimum absolute atomic E-state index is 0.0648. The molecule has 0 atom stereocenters. The van der Waals surface area contributed by atoms with Gasteiger partial charge in [-0.2, -0.15) is 8.61 Å². The molecule has 2 heterocycles. The molecule has 2 aliphatic rings. The third-order valence-electron chi connectivity index (χ3n) is 5.53. The largest absolute Gasteiger partial charge is 0.340 e. The van der Waals surface area contributed by atoms with Crippen LogP contribution < -0.4 is 0 Å². The van der Waals surface area contributed by atoms with Crippen molar-refractivity contribution in [2.45, 2.75) is 36.5 Å². The van der Waals surface area contributed by atoms with Crippen LogP contribution in [0.2, 0.25) is 0 Å². The first kappa shape index (κ1) is 21.2. The van der Waals surface area contributed by atoms with Gasteiger partial charge in [-0.05, 0) is 43.0 Å². The number of nitrogens with zero attached hydrogens (tertiary/aromatic N) is 3. The lowest BCUT2D eigenvalue weighted by atomic mass is 10.0. The van der Waals surface area contributed by atoms with Gasteiger partial charge in [-0.3, -0.25) is 4.79 Å². The molecule has 0 aromatic heterocycles. The Morgan fingerprint density at radius 1 is 0.786 bits per heavy atom. The molecule has 0 aliphatic carbocycles. The summed E-state index contributed by atoms with van der Waals surface area (Å²) in [5.41, 5.74) is 0. The lowest BCUT2D eigenvalue weighted by Crippen LogP contribution is -2.49. The molecule has 1 amide bonds. The van der Waals surface area contributed by atoms with Crippen LogP contribution in [0.5, 0.6) is 0 Å². The molecule has 8 nitrogen and oxygen atoms in total. The van der Waals surface area contributed by atoms with E-state index < -0.39 is 20.0 Å². The van der Waals surface area contributed by atoms with Gasteiger partial charge in [-0.25, -0.2) is 16.8 Å². The van der Waals surface area contributed by atoms with Crippen molar-refractivity contribution in [3.05, 3.63) is 24.3 Å². The summed E-state index contributed by atoms with van der Waals surface area (Å²) in [5, 5.41) is 0. The van der Waals surface area contributed by atoms with Crippen molar-refractivity contribution in [2.24, 2.45) is 5.92 Å². The molecule has 0 saturated carbocycles. The van der Waals surface area contributed by atoms with E-state index in [-0.39, 0.29) is 28.8 Å². The van der Waals surface area contributed by atoms with Crippen molar-refractivity contribution in [3.63, 3.8) is 0 Å². The van der Waals surface area contributed by atoms with Crippen LogP contribution in [0, 0.1) is 5.92 Å². The molecule has 2 aliphatic heterocycles. The van der Waals surface area contributed by atoms with Crippen LogP contribution in [0.4, 0.5) is 0 Å². The molecule has 1 aromatic carbocycles. The maximum atomic E-state index is 12.8. The van der Waals surface area contributed by atoms with E-state index in [1.165, 1.54) is 39.8 Å². The Hall–Kier alpha value is -1.49. The summed E-state index contributed by atoms with van der Waals surface area (Å²) in [6.07, 6.45) is 1.66. The zero-order valence-electron chi connectivity index (χ0n) is 16.2. The summed E-state index contributed by atoms with van der Waals surface area (Å²) in [6.45, 7) is 5.73. The normalized spacial score (nSPS) is 21.0. The van der Waals surface area contributed by atoms with Crippen LogP contribution >= 0.6 is 0 Å². The number of amides is 1. The van der Waals surface area contributed by atoms with E-state index in [1.54, 1.807) is 4.90 Å². The Bertz CT molecular complexity index is 912. The molecule has 2 fully saturated rings. The summed E-state index contributed by atoms with van der Waals surface area (Å²) in [7, 11) is -7.33. The van der Waals surface area contributed by atoms with Crippen LogP contribution in [-0.4, -0.2) is 75.5 Å². The molecule has 156 valence electrons. The molecule has 2 saturated heterocycles. The third kappa shape index (κ3) is 4.24. The van der Waals surface area contributed by atoms with Gasteiger partial charge in [-0.1, -0.05) is 6.92 Å². The molecule has 3 rings (SSSR count). The van der Waals surface area contributed by atoms with Crippen LogP contribution in [0.1, 0.15) is 26.7 Å². The fourth-order valence-electron chi connectivity index (χ4n) is 3.55. The van der Waals surface area contributed by atoms with Gasteiger partial charge in [-0.15, -0.1) is 0 Å². The van der Waals surface area contributed by atoms with Crippen molar-refractivity contribution >= 4 is 26.0 Å². The number of benzene rings is 1. The Morgan fingerprint density at radius 2 is 1.18 bits per heavy atom. The zero-order chi connectivity index (χ0) is 20.5. The number of sulfonamides is 2. The van der Waals surface area contributed by atoms with Crippen LogP contribution in [-0.2, 0) is 24.8 Å². The highest BCUT2D eigenvalue weighted by molar-refractivity contribution is 7.89. The highest BCUT2D eigenvalue weighted by atomic mass is 32.2. The lowest BCUT2D eigenvalue weighted by molar-refractivity contribution is -0.129. The molecule has 10 heteroatoms. The van der Waals surface area contributed by atoms with E-state index in [4.69, 9.17) is 0 Å². The van der Waals surface area contributed by atoms with Gasteiger partial charge in [0.25, 0.3) is 0 Å². The molecule has 0 spiro atoms. The van der Waals surface area contributed by atoms with E-state index in [2.05, 4.69) is 6.92 Å². The van der Waals surface area contributed by atoms with E-state index >= 15 is 0 Å². The monoisotopic (exact) mass is 429 g/mol. The summed E-state index contributed by atoms with van der Waals surface area (Å²) in [5.74, 6) is 0.446. The fraction of sp³-hybridized carbons (Fsp3) is 0.611. The van der Waals surface area contributed by atoms with Gasteiger partial charge in [0.05, 0.1) is 9.79 Å². The number of rotatable bonds is 4. The molecule has 0 N–H and O–H groups in total. The average Bonchev–Trinajstić information content (AvgIpc) is 2.68. The predicted molar refractivity (Wildman–Crippen MR) is 105 cm³/mol. The SMILES string of the molecule is CC(=O)N1CCN(S(=O)(=O)c2ccc(S(=O)(=O)N3CCC(C)CC3)cc2)CC1. The second-order valence-corrected chi connectivity index (χ2v) is 11.3. The molecule has 1 aromatic rings. The molecule has 0 radical (unpaired) electrons. The topological polar surface area (TPSA) is 95.1 Å². The van der Waals surface area contributed by atoms with Gasteiger partial charge in [0.1, 0.15) is 0 Å². The Kier molecular flexibility index (Phi) is 6.14. The summed E-state index contributed by atoms with van der Waals surface area (Å²) in [4.78, 5) is 13.2. The van der Waals surface area contributed by atoms with E-state index in [0.717, 1.165) is 12.8 Å². The lowest BCUT2D eigenvalue weighted by Gasteiger charge is -2.33. The number of carbonyl (C=O) groups excluding carboxylic acids is 1. The number of piperazine rings is 1. The van der Waals surface area contributed by atoms with Gasteiger partial charge in [0.15, 0.2) is 0 Å². The summed E-state index contributed by atoms with van der Waals surface area (Å²) in [6, 6.07) is 5.44. The van der Waals surface area contributed by atoms with Crippen LogP contribution in [0.3, 0.4) is 0 Å². The fourth-order valence-corrected chi connectivity index (χ4v) is 6.44. The maximum Gasteiger partial charge on any atom is 0.243 e. The first-order chi connectivity index (χ1) is 13.1. The standard InChI is InChI=1S/C18H27N3O5S2/c1-15-7-9-20(10-8-15)27(23,24)17-3-5-18(6-4-17)28(25,26)21-13-11-19(12-14-21)16(2)22/h3-6,15H,7-14H2,1-2H3. The Morgan fingerprint density at radius 3 is 1.57 bits per heavy atom. The van der Waals surface area contributed by atoms with Gasteiger partial charge in [0.2, 0.25) is 26.0 Å². The quantitative estimate of drug-likeness (QED) is 0.710. The molecular formula is C18H27N3O5S2. The van der Waals surface area contributed by atoms with Crippen LogP contribution in [0.15, 0.2) is 34.1 Å². The van der Waals surface area contributed by atoms with Crippen molar-refractivity contribution in [2.75, 3.05) is 39.3 Å². The van der Waals surface area contributed by atoms with Crippen molar-refractivity contribution in [1.29, 1.82) is 0 Å². The Balaban J connectivity index is 1.74. The number of carbonyl (C=O) groups is 1. The second-order valence-electron chi connectivity index (χ2n) is 7.47. The number of piperidine rings is 1. The second kappa shape index (κ2) is 8.10. The van der Waals surface area contributed by atoms with Crippen molar-refractivity contribution in [1.82, 2.24) is 13.5 Å². The Labute approximate surface area is 167 Å². The van der Waals surface area contributed by atoms with Crippen LogP contribution in [0.25, 0.3) is 0 Å². The average molecular weight is 430 g/mol. The maximum absolute atomic E-state index is 12.8. The van der Waals surface area contributed by atoms with Gasteiger partial charge >= 0.3 is 0 Å². The third-order valence-corrected chi connectivity index (χ3v) is 9.35. The first-order valence-electron chi connectivity index (χ1n) is 9.48. The zero-order valence-corrected chi connectivity index (χ0v) is 17.9. The highest BCUT2D eigenvalue weighted by Gasteiger charge is 2.31. The smallest absolute Gasteiger partial charge is 0.243 e. The minimum atomic E-state index is -3.72. The summed E-state index contributed by atoms with van der Waals surface area (Å²) >= 11 is 0. The van der Waals surface area contributed by atoms with E-state index in [0.29, 0.717) is 32.1 Å². The van der Waals surface area contributed by atoms with Crippen molar-refractivity contribution < 1.29 is 21.6 Å². The summed E-state index contributed by atoms with van der Waals surface area (Å²) < 4.78 is 54.0. The molecule has 0 unspecified atom stereocenters. The molecule has 28 heavy (non-hydrogen) atoms. The predicted octanol–water partition coefficient (Wildman–Crippen LogP) is 0.960. The van der Waals surface area contributed by atoms with Gasteiger partial charge in [0, 0.05) is 46.2 Å². The minimum Gasteiger partial charge on any atom is -0.340 e. The van der Waals surface area contributed by atoms with E-state index in [1.807, 2.05) is 0 Å². The van der Waals surface area contributed by atoms with E-state index in [9.17, 15) is 21.6 Å². The molecular weight excluding hydrogens is 402 g/mol.